The zero-order chi connectivity index (χ0) is 11.4. The van der Waals surface area contributed by atoms with Crippen molar-refractivity contribution in [3.63, 3.8) is 0 Å². The number of nitriles is 1. The van der Waals surface area contributed by atoms with Gasteiger partial charge in [0, 0.05) is 17.5 Å². The summed E-state index contributed by atoms with van der Waals surface area (Å²) in [5.41, 5.74) is 0. The lowest BCUT2D eigenvalue weighted by Gasteiger charge is -2.14. The Morgan fingerprint density at radius 3 is 3.06 bits per heavy atom. The van der Waals surface area contributed by atoms with E-state index in [1.807, 2.05) is 6.07 Å². The van der Waals surface area contributed by atoms with Crippen LogP contribution in [0.3, 0.4) is 0 Å². The summed E-state index contributed by atoms with van der Waals surface area (Å²) in [6.45, 7) is 0.944. The molecule has 1 heterocycles. The van der Waals surface area contributed by atoms with Gasteiger partial charge in [-0.25, -0.2) is 0 Å². The Bertz CT molecular complexity index is 383. The van der Waals surface area contributed by atoms with Crippen LogP contribution in [0.5, 0.6) is 0 Å². The van der Waals surface area contributed by atoms with Crippen LogP contribution < -0.4 is 5.32 Å². The molecule has 0 amide bonds. The molecule has 0 spiro atoms. The zero-order valence-electron chi connectivity index (χ0n) is 9.08. The molecule has 1 N–H and O–H groups in total. The SMILES string of the molecule is N#CC1CCCC1NCCc1ccc(Cl)s1. The van der Waals surface area contributed by atoms with E-state index in [0.717, 1.165) is 30.1 Å². The van der Waals surface area contributed by atoms with Crippen molar-refractivity contribution < 1.29 is 0 Å². The Hall–Kier alpha value is -0.560. The minimum absolute atomic E-state index is 0.215. The van der Waals surface area contributed by atoms with Crippen molar-refractivity contribution in [3.05, 3.63) is 21.3 Å². The van der Waals surface area contributed by atoms with Gasteiger partial charge in [-0.2, -0.15) is 5.26 Å². The number of hydrogen-bond donors (Lipinski definition) is 1. The minimum Gasteiger partial charge on any atom is -0.312 e. The number of rotatable bonds is 4. The van der Waals surface area contributed by atoms with Crippen LogP contribution in [0.15, 0.2) is 12.1 Å². The molecule has 16 heavy (non-hydrogen) atoms. The first-order valence-corrected chi connectivity index (χ1v) is 6.86. The monoisotopic (exact) mass is 254 g/mol. The van der Waals surface area contributed by atoms with E-state index in [2.05, 4.69) is 17.5 Å². The second-order valence-electron chi connectivity index (χ2n) is 4.18. The first-order chi connectivity index (χ1) is 7.79. The van der Waals surface area contributed by atoms with Crippen molar-refractivity contribution in [3.8, 4) is 6.07 Å². The normalized spacial score (nSPS) is 24.5. The van der Waals surface area contributed by atoms with Crippen LogP contribution >= 0.6 is 22.9 Å². The van der Waals surface area contributed by atoms with Gasteiger partial charge in [0.05, 0.1) is 16.3 Å². The number of hydrogen-bond acceptors (Lipinski definition) is 3. The predicted octanol–water partition coefficient (Wildman–Crippen LogP) is 3.23. The summed E-state index contributed by atoms with van der Waals surface area (Å²) >= 11 is 7.50. The first-order valence-electron chi connectivity index (χ1n) is 5.67. The van der Waals surface area contributed by atoms with Gasteiger partial charge in [0.1, 0.15) is 0 Å². The van der Waals surface area contributed by atoms with Crippen LogP contribution in [0.2, 0.25) is 4.34 Å². The fraction of sp³-hybridized carbons (Fsp3) is 0.583. The molecule has 0 bridgehead atoms. The highest BCUT2D eigenvalue weighted by atomic mass is 35.5. The van der Waals surface area contributed by atoms with E-state index >= 15 is 0 Å². The van der Waals surface area contributed by atoms with Crippen LogP contribution in [0, 0.1) is 17.2 Å². The minimum atomic E-state index is 0.215. The smallest absolute Gasteiger partial charge is 0.0931 e. The average molecular weight is 255 g/mol. The van der Waals surface area contributed by atoms with Crippen molar-refractivity contribution in [2.45, 2.75) is 31.7 Å². The molecule has 4 heteroatoms. The van der Waals surface area contributed by atoms with Gasteiger partial charge in [-0.05, 0) is 31.4 Å². The Morgan fingerprint density at radius 1 is 1.50 bits per heavy atom. The first kappa shape index (κ1) is 11.9. The lowest BCUT2D eigenvalue weighted by atomic mass is 10.1. The molecule has 86 valence electrons. The molecule has 0 saturated heterocycles. The molecule has 1 aliphatic carbocycles. The maximum atomic E-state index is 8.95. The molecule has 0 aliphatic heterocycles. The van der Waals surface area contributed by atoms with Gasteiger partial charge >= 0.3 is 0 Å². The summed E-state index contributed by atoms with van der Waals surface area (Å²) < 4.78 is 0.853. The zero-order valence-corrected chi connectivity index (χ0v) is 10.7. The third-order valence-electron chi connectivity index (χ3n) is 3.09. The van der Waals surface area contributed by atoms with E-state index in [-0.39, 0.29) is 5.92 Å². The summed E-state index contributed by atoms with van der Waals surface area (Å²) in [6, 6.07) is 6.80. The van der Waals surface area contributed by atoms with Gasteiger partial charge in [0.25, 0.3) is 0 Å². The summed E-state index contributed by atoms with van der Waals surface area (Å²) in [7, 11) is 0. The molecular formula is C12H15ClN2S. The molecule has 1 aliphatic rings. The maximum Gasteiger partial charge on any atom is 0.0931 e. The van der Waals surface area contributed by atoms with Crippen LogP contribution in [-0.4, -0.2) is 12.6 Å². The highest BCUT2D eigenvalue weighted by Crippen LogP contribution is 2.25. The largest absolute Gasteiger partial charge is 0.312 e. The van der Waals surface area contributed by atoms with Gasteiger partial charge in [0.15, 0.2) is 0 Å². The molecular weight excluding hydrogens is 240 g/mol. The van der Waals surface area contributed by atoms with Crippen LogP contribution in [0.25, 0.3) is 0 Å². The molecule has 0 aromatic carbocycles. The molecule has 2 rings (SSSR count). The quantitative estimate of drug-likeness (QED) is 0.896. The highest BCUT2D eigenvalue weighted by Gasteiger charge is 2.26. The molecule has 2 unspecified atom stereocenters. The third kappa shape index (κ3) is 2.98. The Kier molecular flexibility index (Phi) is 4.22. The Balaban J connectivity index is 1.74. The van der Waals surface area contributed by atoms with Gasteiger partial charge in [-0.1, -0.05) is 18.0 Å². The summed E-state index contributed by atoms with van der Waals surface area (Å²) in [4.78, 5) is 1.31. The lowest BCUT2D eigenvalue weighted by Crippen LogP contribution is -2.33. The van der Waals surface area contributed by atoms with Gasteiger partial charge in [-0.15, -0.1) is 11.3 Å². The third-order valence-corrected chi connectivity index (χ3v) is 4.38. The number of halogens is 1. The standard InChI is InChI=1S/C12H15ClN2S/c13-12-5-4-10(16-12)6-7-15-11-3-1-2-9(11)8-14/h4-5,9,11,15H,1-3,6-7H2. The lowest BCUT2D eigenvalue weighted by molar-refractivity contribution is 0.469. The number of nitrogens with one attached hydrogen (secondary N) is 1. The van der Waals surface area contributed by atoms with E-state index in [1.54, 1.807) is 11.3 Å². The van der Waals surface area contributed by atoms with Crippen molar-refractivity contribution in [2.24, 2.45) is 5.92 Å². The predicted molar refractivity (Wildman–Crippen MR) is 67.8 cm³/mol. The van der Waals surface area contributed by atoms with E-state index in [4.69, 9.17) is 16.9 Å². The van der Waals surface area contributed by atoms with E-state index in [9.17, 15) is 0 Å². The van der Waals surface area contributed by atoms with Gasteiger partial charge in [0.2, 0.25) is 0 Å². The topological polar surface area (TPSA) is 35.8 Å². The van der Waals surface area contributed by atoms with Crippen molar-refractivity contribution in [2.75, 3.05) is 6.54 Å². The second-order valence-corrected chi connectivity index (χ2v) is 5.98. The number of nitrogens with zero attached hydrogens (tertiary/aromatic N) is 1. The summed E-state index contributed by atoms with van der Waals surface area (Å²) in [5.74, 6) is 0.215. The van der Waals surface area contributed by atoms with Crippen molar-refractivity contribution in [1.82, 2.24) is 5.32 Å². The van der Waals surface area contributed by atoms with E-state index in [1.165, 1.54) is 11.3 Å². The van der Waals surface area contributed by atoms with Crippen molar-refractivity contribution in [1.29, 1.82) is 5.26 Å². The van der Waals surface area contributed by atoms with Crippen LogP contribution in [-0.2, 0) is 6.42 Å². The Labute approximate surface area is 105 Å². The van der Waals surface area contributed by atoms with E-state index in [0.29, 0.717) is 6.04 Å². The van der Waals surface area contributed by atoms with Crippen LogP contribution in [0.1, 0.15) is 24.1 Å². The fourth-order valence-corrected chi connectivity index (χ4v) is 3.31. The molecule has 1 aromatic rings. The maximum absolute atomic E-state index is 8.95. The fourth-order valence-electron chi connectivity index (χ4n) is 2.23. The molecule has 1 aromatic heterocycles. The van der Waals surface area contributed by atoms with E-state index < -0.39 is 0 Å². The summed E-state index contributed by atoms with van der Waals surface area (Å²) in [5, 5.41) is 12.4. The van der Waals surface area contributed by atoms with Gasteiger partial charge < -0.3 is 5.32 Å². The van der Waals surface area contributed by atoms with Crippen molar-refractivity contribution >= 4 is 22.9 Å². The molecule has 1 fully saturated rings. The molecule has 2 nitrogen and oxygen atoms in total. The molecule has 0 radical (unpaired) electrons. The molecule has 1 saturated carbocycles. The second kappa shape index (κ2) is 5.67. The highest BCUT2D eigenvalue weighted by molar-refractivity contribution is 7.16. The summed E-state index contributed by atoms with van der Waals surface area (Å²) in [6.07, 6.45) is 4.38. The van der Waals surface area contributed by atoms with Gasteiger partial charge in [-0.3, -0.25) is 0 Å². The Morgan fingerprint density at radius 2 is 2.38 bits per heavy atom. The number of thiophene rings is 1. The van der Waals surface area contributed by atoms with Crippen LogP contribution in [0.4, 0.5) is 0 Å². The molecule has 2 atom stereocenters. The average Bonchev–Trinajstić information content (AvgIpc) is 2.87.